The minimum Gasteiger partial charge on any atom is -0.495 e. The molecule has 0 unspecified atom stereocenters. The quantitative estimate of drug-likeness (QED) is 0.329. The average molecular weight is 431 g/mol. The number of anilines is 1. The fourth-order valence-corrected chi connectivity index (χ4v) is 2.89. The molecule has 32 heavy (non-hydrogen) atoms. The number of hydrogen-bond acceptors (Lipinski definition) is 5. The molecular formula is C24H21N3O5. The highest BCUT2D eigenvalue weighted by Gasteiger charge is 2.17. The normalized spacial score (nSPS) is 10.9. The first-order chi connectivity index (χ1) is 15.4. The summed E-state index contributed by atoms with van der Waals surface area (Å²) in [6.45, 7) is 1.90. The van der Waals surface area contributed by atoms with Crippen LogP contribution in [0.3, 0.4) is 0 Å². The summed E-state index contributed by atoms with van der Waals surface area (Å²) in [4.78, 5) is 36.4. The van der Waals surface area contributed by atoms with Gasteiger partial charge in [-0.1, -0.05) is 42.0 Å². The Morgan fingerprint density at radius 3 is 2.41 bits per heavy atom. The van der Waals surface area contributed by atoms with Crippen molar-refractivity contribution in [3.63, 3.8) is 0 Å². The van der Waals surface area contributed by atoms with Crippen LogP contribution in [0.4, 0.5) is 11.4 Å². The highest BCUT2D eigenvalue weighted by molar-refractivity contribution is 6.11. The molecule has 0 bridgehead atoms. The molecule has 0 aliphatic rings. The largest absolute Gasteiger partial charge is 0.495 e. The Balaban J connectivity index is 1.95. The van der Waals surface area contributed by atoms with Crippen molar-refractivity contribution in [2.75, 3.05) is 12.4 Å². The minimum atomic E-state index is -0.610. The number of ether oxygens (including phenoxy) is 1. The zero-order valence-corrected chi connectivity index (χ0v) is 17.5. The van der Waals surface area contributed by atoms with Crippen molar-refractivity contribution in [2.45, 2.75) is 6.92 Å². The first-order valence-electron chi connectivity index (χ1n) is 9.66. The fourth-order valence-electron chi connectivity index (χ4n) is 2.89. The minimum absolute atomic E-state index is 0.0815. The van der Waals surface area contributed by atoms with Crippen LogP contribution in [-0.4, -0.2) is 23.8 Å². The van der Waals surface area contributed by atoms with Crippen LogP contribution in [0.5, 0.6) is 5.75 Å². The zero-order chi connectivity index (χ0) is 23.1. The van der Waals surface area contributed by atoms with Crippen molar-refractivity contribution < 1.29 is 19.2 Å². The molecule has 3 aromatic carbocycles. The topological polar surface area (TPSA) is 111 Å². The number of methoxy groups -OCH3 is 1. The molecule has 0 spiro atoms. The van der Waals surface area contributed by atoms with E-state index < -0.39 is 16.7 Å². The van der Waals surface area contributed by atoms with E-state index in [9.17, 15) is 19.7 Å². The summed E-state index contributed by atoms with van der Waals surface area (Å²) in [5.41, 5.74) is 1.94. The number of para-hydroxylation sites is 2. The molecular weight excluding hydrogens is 410 g/mol. The van der Waals surface area contributed by atoms with E-state index in [0.717, 1.165) is 5.56 Å². The van der Waals surface area contributed by atoms with Gasteiger partial charge in [-0.2, -0.15) is 0 Å². The van der Waals surface area contributed by atoms with E-state index in [2.05, 4.69) is 10.6 Å². The van der Waals surface area contributed by atoms with Gasteiger partial charge in [-0.15, -0.1) is 0 Å². The molecule has 2 amide bonds. The van der Waals surface area contributed by atoms with Crippen molar-refractivity contribution >= 4 is 29.3 Å². The van der Waals surface area contributed by atoms with Gasteiger partial charge in [-0.05, 0) is 42.8 Å². The molecule has 2 N–H and O–H groups in total. The predicted molar refractivity (Wildman–Crippen MR) is 121 cm³/mol. The van der Waals surface area contributed by atoms with Crippen LogP contribution in [0.1, 0.15) is 21.5 Å². The number of rotatable bonds is 7. The first-order valence-corrected chi connectivity index (χ1v) is 9.66. The summed E-state index contributed by atoms with van der Waals surface area (Å²) in [7, 11) is 1.48. The third-order valence-corrected chi connectivity index (χ3v) is 4.55. The lowest BCUT2D eigenvalue weighted by molar-refractivity contribution is -0.384. The molecule has 0 fully saturated rings. The highest BCUT2D eigenvalue weighted by Crippen LogP contribution is 2.24. The van der Waals surface area contributed by atoms with Crippen LogP contribution in [-0.2, 0) is 4.79 Å². The number of aryl methyl sites for hydroxylation is 1. The van der Waals surface area contributed by atoms with Crippen molar-refractivity contribution in [1.82, 2.24) is 5.32 Å². The molecule has 3 rings (SSSR count). The molecule has 0 radical (unpaired) electrons. The maximum Gasteiger partial charge on any atom is 0.272 e. The van der Waals surface area contributed by atoms with Crippen molar-refractivity contribution in [3.8, 4) is 5.75 Å². The Hall–Kier alpha value is -4.46. The van der Waals surface area contributed by atoms with E-state index in [4.69, 9.17) is 4.74 Å². The van der Waals surface area contributed by atoms with Crippen LogP contribution < -0.4 is 15.4 Å². The lowest BCUT2D eigenvalue weighted by Crippen LogP contribution is -2.30. The molecule has 3 aromatic rings. The number of carbonyl (C=O) groups excluding carboxylic acids is 2. The van der Waals surface area contributed by atoms with E-state index >= 15 is 0 Å². The smallest absolute Gasteiger partial charge is 0.272 e. The molecule has 0 heterocycles. The second-order valence-electron chi connectivity index (χ2n) is 6.88. The van der Waals surface area contributed by atoms with Crippen LogP contribution in [0.25, 0.3) is 6.08 Å². The summed E-state index contributed by atoms with van der Waals surface area (Å²) in [5, 5.41) is 16.4. The van der Waals surface area contributed by atoms with Gasteiger partial charge >= 0.3 is 0 Å². The van der Waals surface area contributed by atoms with Gasteiger partial charge in [0.05, 0.1) is 17.7 Å². The van der Waals surface area contributed by atoms with Gasteiger partial charge in [-0.3, -0.25) is 19.7 Å². The van der Waals surface area contributed by atoms with Crippen molar-refractivity contribution in [3.05, 3.63) is 105 Å². The van der Waals surface area contributed by atoms with Gasteiger partial charge < -0.3 is 15.4 Å². The number of non-ortho nitro benzene ring substituents is 1. The number of nitro groups is 1. The maximum atomic E-state index is 13.0. The van der Waals surface area contributed by atoms with Gasteiger partial charge in [0.25, 0.3) is 17.5 Å². The van der Waals surface area contributed by atoms with E-state index in [-0.39, 0.29) is 11.4 Å². The highest BCUT2D eigenvalue weighted by atomic mass is 16.6. The summed E-state index contributed by atoms with van der Waals surface area (Å²) in [6.07, 6.45) is 1.38. The lowest BCUT2D eigenvalue weighted by atomic mass is 10.1. The van der Waals surface area contributed by atoms with Crippen molar-refractivity contribution in [1.29, 1.82) is 0 Å². The Bertz CT molecular complexity index is 1190. The number of hydrogen-bond donors (Lipinski definition) is 2. The molecule has 8 heteroatoms. The average Bonchev–Trinajstić information content (AvgIpc) is 2.79. The SMILES string of the molecule is COc1ccccc1NC(=O)/C(=C/c1cccc([N+](=O)[O-])c1)NC(=O)c1ccc(C)cc1. The molecule has 0 aliphatic carbocycles. The van der Waals surface area contributed by atoms with E-state index in [1.165, 1.54) is 31.4 Å². The Kier molecular flexibility index (Phi) is 6.97. The van der Waals surface area contributed by atoms with E-state index in [0.29, 0.717) is 22.6 Å². The predicted octanol–water partition coefficient (Wildman–Crippen LogP) is 4.32. The van der Waals surface area contributed by atoms with Gasteiger partial charge in [0.2, 0.25) is 0 Å². The standard InChI is InChI=1S/C24H21N3O5/c1-16-10-12-18(13-11-16)23(28)26-21(15-17-6-5-7-19(14-17)27(30)31)24(29)25-20-8-3-4-9-22(20)32-2/h3-15H,1-2H3,(H,25,29)(H,26,28)/b21-15-. The first kappa shape index (κ1) is 22.2. The van der Waals surface area contributed by atoms with Crippen LogP contribution in [0.2, 0.25) is 0 Å². The van der Waals surface area contributed by atoms with Crippen LogP contribution in [0.15, 0.2) is 78.5 Å². The summed E-state index contributed by atoms with van der Waals surface area (Å²) in [6, 6.07) is 19.5. The third kappa shape index (κ3) is 5.57. The third-order valence-electron chi connectivity index (χ3n) is 4.55. The molecule has 0 aliphatic heterocycles. The molecule has 0 saturated carbocycles. The van der Waals surface area contributed by atoms with E-state index in [1.54, 1.807) is 54.6 Å². The lowest BCUT2D eigenvalue weighted by Gasteiger charge is -2.13. The summed E-state index contributed by atoms with van der Waals surface area (Å²) >= 11 is 0. The number of nitro benzene ring substituents is 1. The number of carbonyl (C=O) groups is 2. The number of amides is 2. The van der Waals surface area contributed by atoms with E-state index in [1.807, 2.05) is 6.92 Å². The monoisotopic (exact) mass is 431 g/mol. The van der Waals surface area contributed by atoms with Gasteiger partial charge in [0.1, 0.15) is 11.4 Å². The number of nitrogens with zero attached hydrogens (tertiary/aromatic N) is 1. The van der Waals surface area contributed by atoms with Crippen LogP contribution in [0, 0.1) is 17.0 Å². The van der Waals surface area contributed by atoms with Crippen molar-refractivity contribution in [2.24, 2.45) is 0 Å². The van der Waals surface area contributed by atoms with Gasteiger partial charge in [-0.25, -0.2) is 0 Å². The van der Waals surface area contributed by atoms with Gasteiger partial charge in [0, 0.05) is 17.7 Å². The fraction of sp³-hybridized carbons (Fsp3) is 0.0833. The Morgan fingerprint density at radius 1 is 1.00 bits per heavy atom. The summed E-state index contributed by atoms with van der Waals surface area (Å²) in [5.74, 6) is -0.654. The van der Waals surface area contributed by atoms with Crippen LogP contribution >= 0.6 is 0 Å². The molecule has 0 saturated heterocycles. The molecule has 8 nitrogen and oxygen atoms in total. The second-order valence-corrected chi connectivity index (χ2v) is 6.88. The maximum absolute atomic E-state index is 13.0. The Labute approximate surface area is 184 Å². The van der Waals surface area contributed by atoms with Gasteiger partial charge in [0.15, 0.2) is 0 Å². The molecule has 0 aromatic heterocycles. The number of nitrogens with one attached hydrogen (secondary N) is 2. The summed E-state index contributed by atoms with van der Waals surface area (Å²) < 4.78 is 5.25. The molecule has 162 valence electrons. The zero-order valence-electron chi connectivity index (χ0n) is 17.5. The number of benzene rings is 3. The second kappa shape index (κ2) is 10.0. The Morgan fingerprint density at radius 2 is 1.72 bits per heavy atom. The molecule has 0 atom stereocenters.